The Bertz CT molecular complexity index is 601. The molecule has 0 aliphatic carbocycles. The molecule has 1 aromatic carbocycles. The number of benzene rings is 1. The number of guanidine groups is 1. The molecule has 2 N–H and O–H groups in total. The summed E-state index contributed by atoms with van der Waals surface area (Å²) >= 11 is 3.45. The van der Waals surface area contributed by atoms with Gasteiger partial charge in [0.2, 0.25) is 5.91 Å². The van der Waals surface area contributed by atoms with Crippen LogP contribution in [0.4, 0.5) is 0 Å². The Balaban J connectivity index is 1.61. The number of nitrogens with zero attached hydrogens (tertiary/aromatic N) is 2. The Hall–Kier alpha value is -1.56. The van der Waals surface area contributed by atoms with Crippen LogP contribution in [0.2, 0.25) is 0 Å². The van der Waals surface area contributed by atoms with E-state index in [4.69, 9.17) is 0 Å². The lowest BCUT2D eigenvalue weighted by Gasteiger charge is -2.40. The molecule has 2 saturated heterocycles. The average molecular weight is 379 g/mol. The highest BCUT2D eigenvalue weighted by Gasteiger charge is 2.42. The highest BCUT2D eigenvalue weighted by atomic mass is 79.9. The molecule has 3 rings (SSSR count). The Morgan fingerprint density at radius 3 is 2.87 bits per heavy atom. The number of aliphatic imine (C=N–C) groups is 1. The molecule has 1 spiro atoms. The SMILES string of the molecule is CN=C(NCc1ccc(Br)cc1)N1CCCC2(CNC(=O)C2)C1. The molecule has 23 heavy (non-hydrogen) atoms. The summed E-state index contributed by atoms with van der Waals surface area (Å²) in [6.45, 7) is 3.44. The van der Waals surface area contributed by atoms with E-state index in [1.165, 1.54) is 5.56 Å². The van der Waals surface area contributed by atoms with Gasteiger partial charge in [0.25, 0.3) is 0 Å². The Labute approximate surface area is 145 Å². The number of hydrogen-bond donors (Lipinski definition) is 2. The molecule has 6 heteroatoms. The van der Waals surface area contributed by atoms with Gasteiger partial charge < -0.3 is 15.5 Å². The van der Waals surface area contributed by atoms with Crippen molar-refractivity contribution in [2.45, 2.75) is 25.8 Å². The minimum absolute atomic E-state index is 0.0879. The summed E-state index contributed by atoms with van der Waals surface area (Å²) in [6.07, 6.45) is 2.87. The van der Waals surface area contributed by atoms with Gasteiger partial charge in [-0.3, -0.25) is 9.79 Å². The topological polar surface area (TPSA) is 56.7 Å². The first-order valence-electron chi connectivity index (χ1n) is 8.07. The van der Waals surface area contributed by atoms with Crippen molar-refractivity contribution < 1.29 is 4.79 Å². The number of halogens is 1. The minimum atomic E-state index is 0.0879. The van der Waals surface area contributed by atoms with Crippen LogP contribution in [0, 0.1) is 5.41 Å². The van der Waals surface area contributed by atoms with Crippen molar-refractivity contribution in [2.24, 2.45) is 10.4 Å². The fraction of sp³-hybridized carbons (Fsp3) is 0.529. The van der Waals surface area contributed by atoms with Gasteiger partial charge in [-0.2, -0.15) is 0 Å². The molecule has 2 fully saturated rings. The first-order chi connectivity index (χ1) is 11.1. The zero-order valence-corrected chi connectivity index (χ0v) is 15.0. The van der Waals surface area contributed by atoms with Crippen LogP contribution in [0.5, 0.6) is 0 Å². The van der Waals surface area contributed by atoms with Crippen molar-refractivity contribution in [1.82, 2.24) is 15.5 Å². The molecule has 2 aliphatic heterocycles. The summed E-state index contributed by atoms with van der Waals surface area (Å²) in [5.74, 6) is 1.11. The van der Waals surface area contributed by atoms with Gasteiger partial charge in [-0.05, 0) is 30.5 Å². The second-order valence-corrected chi connectivity index (χ2v) is 7.42. The van der Waals surface area contributed by atoms with Crippen LogP contribution in [0.3, 0.4) is 0 Å². The monoisotopic (exact) mass is 378 g/mol. The van der Waals surface area contributed by atoms with Crippen LogP contribution in [0.25, 0.3) is 0 Å². The molecule has 1 unspecified atom stereocenters. The fourth-order valence-corrected chi connectivity index (χ4v) is 3.81. The lowest BCUT2D eigenvalue weighted by Crippen LogP contribution is -2.51. The van der Waals surface area contributed by atoms with Gasteiger partial charge in [0.15, 0.2) is 5.96 Å². The lowest BCUT2D eigenvalue weighted by molar-refractivity contribution is -0.119. The van der Waals surface area contributed by atoms with Gasteiger partial charge in [-0.25, -0.2) is 0 Å². The highest BCUT2D eigenvalue weighted by molar-refractivity contribution is 9.10. The first-order valence-corrected chi connectivity index (χ1v) is 8.86. The van der Waals surface area contributed by atoms with Crippen molar-refractivity contribution in [3.05, 3.63) is 34.3 Å². The molecule has 2 aliphatic rings. The summed E-state index contributed by atoms with van der Waals surface area (Å²) in [5, 5.41) is 6.44. The number of rotatable bonds is 2. The third kappa shape index (κ3) is 3.86. The molecule has 0 radical (unpaired) electrons. The Morgan fingerprint density at radius 2 is 2.22 bits per heavy atom. The van der Waals surface area contributed by atoms with Crippen molar-refractivity contribution >= 4 is 27.8 Å². The molecule has 2 heterocycles. The summed E-state index contributed by atoms with van der Waals surface area (Å²) in [6, 6.07) is 8.29. The van der Waals surface area contributed by atoms with E-state index in [9.17, 15) is 4.79 Å². The van der Waals surface area contributed by atoms with Crippen LogP contribution >= 0.6 is 15.9 Å². The molecule has 5 nitrogen and oxygen atoms in total. The Morgan fingerprint density at radius 1 is 1.43 bits per heavy atom. The lowest BCUT2D eigenvalue weighted by atomic mass is 9.79. The molecular formula is C17H23BrN4O. The number of amides is 1. The van der Waals surface area contributed by atoms with Crippen molar-refractivity contribution in [1.29, 1.82) is 0 Å². The predicted octanol–water partition coefficient (Wildman–Crippen LogP) is 2.13. The van der Waals surface area contributed by atoms with E-state index in [0.29, 0.717) is 6.42 Å². The van der Waals surface area contributed by atoms with Crippen LogP contribution in [-0.4, -0.2) is 43.4 Å². The van der Waals surface area contributed by atoms with Gasteiger partial charge in [-0.1, -0.05) is 28.1 Å². The van der Waals surface area contributed by atoms with Gasteiger partial charge in [0.1, 0.15) is 0 Å². The third-order valence-electron chi connectivity index (χ3n) is 4.73. The van der Waals surface area contributed by atoms with Crippen LogP contribution < -0.4 is 10.6 Å². The second-order valence-electron chi connectivity index (χ2n) is 6.51. The summed E-state index contributed by atoms with van der Waals surface area (Å²) < 4.78 is 1.09. The maximum atomic E-state index is 11.6. The zero-order valence-electron chi connectivity index (χ0n) is 13.4. The zero-order chi connectivity index (χ0) is 16.3. The predicted molar refractivity (Wildman–Crippen MR) is 95.2 cm³/mol. The van der Waals surface area contributed by atoms with Crippen molar-refractivity contribution in [3.8, 4) is 0 Å². The van der Waals surface area contributed by atoms with Crippen LogP contribution in [0.15, 0.2) is 33.7 Å². The maximum absolute atomic E-state index is 11.6. The normalized spacial score (nSPS) is 24.9. The number of likely N-dealkylation sites (tertiary alicyclic amines) is 1. The molecular weight excluding hydrogens is 356 g/mol. The standard InChI is InChI=1S/C17H23BrN4O/c1-19-16(20-10-13-3-5-14(18)6-4-13)22-8-2-7-17(12-22)9-15(23)21-11-17/h3-6H,2,7-12H2,1H3,(H,19,20)(H,21,23). The molecule has 0 saturated carbocycles. The van der Waals surface area contributed by atoms with E-state index in [0.717, 1.165) is 49.5 Å². The van der Waals surface area contributed by atoms with E-state index in [1.807, 2.05) is 19.2 Å². The minimum Gasteiger partial charge on any atom is -0.355 e. The van der Waals surface area contributed by atoms with Crippen molar-refractivity contribution in [3.63, 3.8) is 0 Å². The maximum Gasteiger partial charge on any atom is 0.220 e. The van der Waals surface area contributed by atoms with E-state index in [2.05, 4.69) is 48.6 Å². The average Bonchev–Trinajstić information content (AvgIpc) is 2.90. The highest BCUT2D eigenvalue weighted by Crippen LogP contribution is 2.35. The number of carbonyl (C=O) groups excluding carboxylic acids is 1. The van der Waals surface area contributed by atoms with E-state index in [1.54, 1.807) is 0 Å². The van der Waals surface area contributed by atoms with Gasteiger partial charge >= 0.3 is 0 Å². The number of hydrogen-bond acceptors (Lipinski definition) is 2. The molecule has 1 atom stereocenters. The van der Waals surface area contributed by atoms with E-state index in [-0.39, 0.29) is 11.3 Å². The molecule has 0 aromatic heterocycles. The Kier molecular flexibility index (Phi) is 4.90. The van der Waals surface area contributed by atoms with E-state index < -0.39 is 0 Å². The second kappa shape index (κ2) is 6.91. The van der Waals surface area contributed by atoms with Gasteiger partial charge in [0.05, 0.1) is 0 Å². The van der Waals surface area contributed by atoms with Gasteiger partial charge in [0, 0.05) is 49.5 Å². The number of carbonyl (C=O) groups is 1. The summed E-state index contributed by atoms with van der Waals surface area (Å²) in [7, 11) is 1.82. The smallest absolute Gasteiger partial charge is 0.220 e. The molecule has 0 bridgehead atoms. The van der Waals surface area contributed by atoms with E-state index >= 15 is 0 Å². The first kappa shape index (κ1) is 16.3. The summed E-state index contributed by atoms with van der Waals surface area (Å²) in [5.41, 5.74) is 1.31. The van der Waals surface area contributed by atoms with Crippen molar-refractivity contribution in [2.75, 3.05) is 26.7 Å². The number of piperidine rings is 1. The quantitative estimate of drug-likeness (QED) is 0.612. The molecule has 1 aromatic rings. The van der Waals surface area contributed by atoms with Crippen LogP contribution in [-0.2, 0) is 11.3 Å². The molecule has 1 amide bonds. The van der Waals surface area contributed by atoms with Gasteiger partial charge in [-0.15, -0.1) is 0 Å². The molecule has 124 valence electrons. The largest absolute Gasteiger partial charge is 0.355 e. The van der Waals surface area contributed by atoms with Crippen LogP contribution in [0.1, 0.15) is 24.8 Å². The third-order valence-corrected chi connectivity index (χ3v) is 5.26. The number of nitrogens with one attached hydrogen (secondary N) is 2. The fourth-order valence-electron chi connectivity index (χ4n) is 3.54. The summed E-state index contributed by atoms with van der Waals surface area (Å²) in [4.78, 5) is 18.4.